The van der Waals surface area contributed by atoms with Crippen molar-refractivity contribution in [1.29, 1.82) is 0 Å². The molecule has 3 rings (SSSR count). The summed E-state index contributed by atoms with van der Waals surface area (Å²) in [5, 5.41) is 6.61. The molecule has 1 fully saturated rings. The SMILES string of the molecule is Cc1ccc2c(c1)NC1CCCC1(C)C(=O)N2. The lowest BCUT2D eigenvalue weighted by Crippen LogP contribution is -2.41. The van der Waals surface area contributed by atoms with Crippen LogP contribution in [0.2, 0.25) is 0 Å². The molecule has 1 heterocycles. The van der Waals surface area contributed by atoms with Crippen LogP contribution in [0.15, 0.2) is 18.2 Å². The van der Waals surface area contributed by atoms with Crippen molar-refractivity contribution in [1.82, 2.24) is 0 Å². The Morgan fingerprint density at radius 2 is 2.18 bits per heavy atom. The highest BCUT2D eigenvalue weighted by Gasteiger charge is 2.46. The summed E-state index contributed by atoms with van der Waals surface area (Å²) in [4.78, 5) is 12.3. The summed E-state index contributed by atoms with van der Waals surface area (Å²) in [6.45, 7) is 4.15. The lowest BCUT2D eigenvalue weighted by atomic mass is 9.84. The van der Waals surface area contributed by atoms with Crippen LogP contribution in [-0.2, 0) is 4.79 Å². The number of hydrogen-bond acceptors (Lipinski definition) is 2. The van der Waals surface area contributed by atoms with Gasteiger partial charge in [-0.2, -0.15) is 0 Å². The van der Waals surface area contributed by atoms with Gasteiger partial charge in [-0.25, -0.2) is 0 Å². The van der Waals surface area contributed by atoms with E-state index in [4.69, 9.17) is 0 Å². The largest absolute Gasteiger partial charge is 0.380 e. The van der Waals surface area contributed by atoms with Gasteiger partial charge >= 0.3 is 0 Å². The van der Waals surface area contributed by atoms with Crippen LogP contribution in [0.4, 0.5) is 11.4 Å². The van der Waals surface area contributed by atoms with Gasteiger partial charge in [0.15, 0.2) is 0 Å². The van der Waals surface area contributed by atoms with Crippen LogP contribution in [-0.4, -0.2) is 11.9 Å². The van der Waals surface area contributed by atoms with Crippen molar-refractivity contribution in [2.45, 2.75) is 39.2 Å². The van der Waals surface area contributed by atoms with Gasteiger partial charge in [-0.1, -0.05) is 12.5 Å². The molecule has 1 aromatic rings. The molecule has 3 nitrogen and oxygen atoms in total. The number of carbonyl (C=O) groups is 1. The van der Waals surface area contributed by atoms with E-state index in [0.717, 1.165) is 30.6 Å². The van der Waals surface area contributed by atoms with Gasteiger partial charge in [0.25, 0.3) is 0 Å². The minimum Gasteiger partial charge on any atom is -0.380 e. The van der Waals surface area contributed by atoms with Crippen molar-refractivity contribution < 1.29 is 4.79 Å². The second kappa shape index (κ2) is 3.49. The number of hydrogen-bond donors (Lipinski definition) is 2. The van der Waals surface area contributed by atoms with Gasteiger partial charge in [-0.15, -0.1) is 0 Å². The van der Waals surface area contributed by atoms with Crippen LogP contribution in [0.3, 0.4) is 0 Å². The molecule has 2 atom stereocenters. The van der Waals surface area contributed by atoms with E-state index in [0.29, 0.717) is 0 Å². The number of amides is 1. The number of fused-ring (bicyclic) bond motifs is 2. The highest BCUT2D eigenvalue weighted by molar-refractivity contribution is 6.00. The molecule has 90 valence electrons. The number of aryl methyl sites for hydroxylation is 1. The van der Waals surface area contributed by atoms with Crippen LogP contribution in [0.25, 0.3) is 0 Å². The first-order valence-corrected chi connectivity index (χ1v) is 6.28. The fourth-order valence-electron chi connectivity index (χ4n) is 3.01. The van der Waals surface area contributed by atoms with Crippen molar-refractivity contribution in [2.75, 3.05) is 10.6 Å². The zero-order valence-electron chi connectivity index (χ0n) is 10.3. The van der Waals surface area contributed by atoms with Gasteiger partial charge in [0.2, 0.25) is 5.91 Å². The smallest absolute Gasteiger partial charge is 0.232 e. The summed E-state index contributed by atoms with van der Waals surface area (Å²) < 4.78 is 0. The summed E-state index contributed by atoms with van der Waals surface area (Å²) in [6, 6.07) is 6.40. The van der Waals surface area contributed by atoms with Gasteiger partial charge in [0.05, 0.1) is 16.8 Å². The predicted octanol–water partition coefficient (Wildman–Crippen LogP) is 2.92. The Morgan fingerprint density at radius 3 is 3.00 bits per heavy atom. The summed E-state index contributed by atoms with van der Waals surface area (Å²) in [6.07, 6.45) is 3.18. The molecule has 1 aliphatic carbocycles. The molecular weight excluding hydrogens is 212 g/mol. The Morgan fingerprint density at radius 1 is 1.35 bits per heavy atom. The molecule has 17 heavy (non-hydrogen) atoms. The highest BCUT2D eigenvalue weighted by atomic mass is 16.2. The fraction of sp³-hybridized carbons (Fsp3) is 0.500. The lowest BCUT2D eigenvalue weighted by Gasteiger charge is -2.27. The van der Waals surface area contributed by atoms with Crippen molar-refractivity contribution in [3.05, 3.63) is 23.8 Å². The van der Waals surface area contributed by atoms with Crippen molar-refractivity contribution in [3.8, 4) is 0 Å². The van der Waals surface area contributed by atoms with Gasteiger partial charge < -0.3 is 10.6 Å². The molecular formula is C14H18N2O. The van der Waals surface area contributed by atoms with E-state index in [-0.39, 0.29) is 17.4 Å². The topological polar surface area (TPSA) is 41.1 Å². The molecule has 0 spiro atoms. The molecule has 1 aliphatic heterocycles. The van der Waals surface area contributed by atoms with Crippen molar-refractivity contribution >= 4 is 17.3 Å². The summed E-state index contributed by atoms with van der Waals surface area (Å²) in [5.74, 6) is 0.162. The molecule has 2 aliphatic rings. The number of carbonyl (C=O) groups excluding carboxylic acids is 1. The maximum Gasteiger partial charge on any atom is 0.232 e. The molecule has 0 saturated heterocycles. The Bertz CT molecular complexity index is 483. The maximum absolute atomic E-state index is 12.3. The number of nitrogens with one attached hydrogen (secondary N) is 2. The molecule has 3 heteroatoms. The van der Waals surface area contributed by atoms with Gasteiger partial charge in [-0.3, -0.25) is 4.79 Å². The maximum atomic E-state index is 12.3. The molecule has 0 radical (unpaired) electrons. The summed E-state index contributed by atoms with van der Waals surface area (Å²) in [5.41, 5.74) is 2.93. The Hall–Kier alpha value is -1.51. The van der Waals surface area contributed by atoms with Crippen LogP contribution in [0.1, 0.15) is 31.7 Å². The number of rotatable bonds is 0. The Kier molecular flexibility index (Phi) is 2.18. The third-order valence-corrected chi connectivity index (χ3v) is 4.23. The third-order valence-electron chi connectivity index (χ3n) is 4.23. The lowest BCUT2D eigenvalue weighted by molar-refractivity contribution is -0.124. The predicted molar refractivity (Wildman–Crippen MR) is 69.2 cm³/mol. The number of anilines is 2. The summed E-state index contributed by atoms with van der Waals surface area (Å²) in [7, 11) is 0. The van der Waals surface area contributed by atoms with Gasteiger partial charge in [0, 0.05) is 6.04 Å². The van der Waals surface area contributed by atoms with E-state index < -0.39 is 0 Å². The number of benzene rings is 1. The van der Waals surface area contributed by atoms with Crippen molar-refractivity contribution in [3.63, 3.8) is 0 Å². The van der Waals surface area contributed by atoms with Crippen molar-refractivity contribution in [2.24, 2.45) is 5.41 Å². The first-order chi connectivity index (χ1) is 8.09. The molecule has 2 N–H and O–H groups in total. The average molecular weight is 230 g/mol. The second-order valence-electron chi connectivity index (χ2n) is 5.51. The molecule has 1 aromatic carbocycles. The highest BCUT2D eigenvalue weighted by Crippen LogP contribution is 2.44. The van der Waals surface area contributed by atoms with E-state index in [9.17, 15) is 4.79 Å². The van der Waals surface area contributed by atoms with Crippen LogP contribution < -0.4 is 10.6 Å². The van der Waals surface area contributed by atoms with E-state index in [1.54, 1.807) is 0 Å². The first-order valence-electron chi connectivity index (χ1n) is 6.28. The van der Waals surface area contributed by atoms with Crippen LogP contribution in [0, 0.1) is 12.3 Å². The van der Waals surface area contributed by atoms with Gasteiger partial charge in [0.1, 0.15) is 0 Å². The Labute approximate surface area is 102 Å². The zero-order chi connectivity index (χ0) is 12.0. The standard InChI is InChI=1S/C14H18N2O/c1-9-5-6-10-11(8-9)15-12-4-3-7-14(12,2)13(17)16-10/h5-6,8,12,15H,3-4,7H2,1-2H3,(H,16,17). The zero-order valence-corrected chi connectivity index (χ0v) is 10.3. The molecule has 0 bridgehead atoms. The molecule has 2 unspecified atom stereocenters. The van der Waals surface area contributed by atoms with Crippen LogP contribution in [0.5, 0.6) is 0 Å². The third kappa shape index (κ3) is 1.53. The van der Waals surface area contributed by atoms with Crippen LogP contribution >= 0.6 is 0 Å². The summed E-state index contributed by atoms with van der Waals surface area (Å²) >= 11 is 0. The van der Waals surface area contributed by atoms with E-state index in [1.165, 1.54) is 5.56 Å². The fourth-order valence-corrected chi connectivity index (χ4v) is 3.01. The monoisotopic (exact) mass is 230 g/mol. The molecule has 1 saturated carbocycles. The second-order valence-corrected chi connectivity index (χ2v) is 5.51. The minimum absolute atomic E-state index is 0.162. The van der Waals surface area contributed by atoms with E-state index >= 15 is 0 Å². The van der Waals surface area contributed by atoms with E-state index in [2.05, 4.69) is 30.5 Å². The van der Waals surface area contributed by atoms with Gasteiger partial charge in [-0.05, 0) is 44.4 Å². The normalized spacial score (nSPS) is 30.9. The molecule has 1 amide bonds. The Balaban J connectivity index is 2.06. The molecule has 0 aromatic heterocycles. The van der Waals surface area contributed by atoms with E-state index in [1.807, 2.05) is 12.1 Å². The average Bonchev–Trinajstić information content (AvgIpc) is 2.61. The quantitative estimate of drug-likeness (QED) is 0.719. The first kappa shape index (κ1) is 10.6. The minimum atomic E-state index is -0.257.